The van der Waals surface area contributed by atoms with Gasteiger partial charge in [-0.05, 0) is 17.7 Å². The van der Waals surface area contributed by atoms with Gasteiger partial charge in [-0.3, -0.25) is 0 Å². The molecule has 1 atom stereocenters. The predicted octanol–water partition coefficient (Wildman–Crippen LogP) is 2.58. The molecule has 0 bridgehead atoms. The van der Waals surface area contributed by atoms with Gasteiger partial charge in [-0.25, -0.2) is 0 Å². The molecular weight excluding hydrogens is 172 g/mol. The van der Waals surface area contributed by atoms with E-state index in [2.05, 4.69) is 18.2 Å². The van der Waals surface area contributed by atoms with Gasteiger partial charge < -0.3 is 4.57 Å². The van der Waals surface area contributed by atoms with E-state index in [9.17, 15) is 0 Å². The van der Waals surface area contributed by atoms with Crippen molar-refractivity contribution in [2.45, 2.75) is 6.04 Å². The lowest BCUT2D eigenvalue weighted by atomic mass is 10.0. The summed E-state index contributed by atoms with van der Waals surface area (Å²) in [5.74, 6) is 0. The van der Waals surface area contributed by atoms with Crippen LogP contribution in [-0.2, 0) is 0 Å². The van der Waals surface area contributed by atoms with E-state index in [1.54, 1.807) is 0 Å². The van der Waals surface area contributed by atoms with Crippen molar-refractivity contribution >= 4 is 0 Å². The van der Waals surface area contributed by atoms with Crippen LogP contribution in [0.15, 0.2) is 42.6 Å². The first-order valence-corrected chi connectivity index (χ1v) is 4.57. The van der Waals surface area contributed by atoms with Gasteiger partial charge >= 0.3 is 0 Å². The van der Waals surface area contributed by atoms with Gasteiger partial charge in [-0.2, -0.15) is 5.26 Å². The molecule has 1 unspecified atom stereocenters. The highest BCUT2D eigenvalue weighted by atomic mass is 15.0. The minimum Gasteiger partial charge on any atom is -0.327 e. The number of aromatic nitrogens is 1. The smallest absolute Gasteiger partial charge is 0.147 e. The van der Waals surface area contributed by atoms with E-state index in [4.69, 9.17) is 5.26 Å². The average Bonchev–Trinajstić information content (AvgIpc) is 2.77. The van der Waals surface area contributed by atoms with Gasteiger partial charge in [0.25, 0.3) is 0 Å². The molecule has 1 aromatic carbocycles. The SMILES string of the molecule is N#CC1c2ccccc2-c2cccn21. The van der Waals surface area contributed by atoms with Gasteiger partial charge in [0.1, 0.15) is 6.04 Å². The lowest BCUT2D eigenvalue weighted by Gasteiger charge is -2.03. The fraction of sp³-hybridized carbons (Fsp3) is 0.0833. The average molecular weight is 180 g/mol. The number of rotatable bonds is 0. The minimum atomic E-state index is -0.142. The molecule has 3 rings (SSSR count). The molecule has 2 aromatic rings. The molecule has 0 fully saturated rings. The van der Waals surface area contributed by atoms with E-state index in [0.29, 0.717) is 0 Å². The van der Waals surface area contributed by atoms with E-state index in [1.807, 2.05) is 35.0 Å². The third-order valence-corrected chi connectivity index (χ3v) is 2.71. The van der Waals surface area contributed by atoms with Crippen molar-refractivity contribution in [3.05, 3.63) is 48.2 Å². The van der Waals surface area contributed by atoms with Gasteiger partial charge in [0.15, 0.2) is 0 Å². The summed E-state index contributed by atoms with van der Waals surface area (Å²) in [4.78, 5) is 0. The molecule has 2 nitrogen and oxygen atoms in total. The van der Waals surface area contributed by atoms with E-state index in [-0.39, 0.29) is 6.04 Å². The Morgan fingerprint density at radius 3 is 2.86 bits per heavy atom. The maximum Gasteiger partial charge on any atom is 0.147 e. The highest BCUT2D eigenvalue weighted by Gasteiger charge is 2.26. The molecule has 2 heteroatoms. The first-order valence-electron chi connectivity index (χ1n) is 4.57. The van der Waals surface area contributed by atoms with Crippen LogP contribution in [0.3, 0.4) is 0 Å². The Morgan fingerprint density at radius 2 is 2.00 bits per heavy atom. The number of benzene rings is 1. The maximum atomic E-state index is 9.11. The molecule has 0 N–H and O–H groups in total. The molecule has 1 aromatic heterocycles. The molecular formula is C12H8N2. The second-order valence-electron chi connectivity index (χ2n) is 3.42. The zero-order valence-corrected chi connectivity index (χ0v) is 7.51. The summed E-state index contributed by atoms with van der Waals surface area (Å²) in [6, 6.07) is 14.3. The molecule has 14 heavy (non-hydrogen) atoms. The first kappa shape index (κ1) is 7.40. The van der Waals surface area contributed by atoms with Gasteiger partial charge in [-0.15, -0.1) is 0 Å². The lowest BCUT2D eigenvalue weighted by Crippen LogP contribution is -2.00. The Kier molecular flexibility index (Phi) is 1.32. The van der Waals surface area contributed by atoms with Crippen molar-refractivity contribution in [2.75, 3.05) is 0 Å². The van der Waals surface area contributed by atoms with Crippen molar-refractivity contribution in [3.63, 3.8) is 0 Å². The molecule has 0 amide bonds. The van der Waals surface area contributed by atoms with Crippen LogP contribution in [0, 0.1) is 11.3 Å². The summed E-state index contributed by atoms with van der Waals surface area (Å²) in [6.45, 7) is 0. The predicted molar refractivity (Wildman–Crippen MR) is 53.6 cm³/mol. The van der Waals surface area contributed by atoms with Crippen molar-refractivity contribution in [2.24, 2.45) is 0 Å². The van der Waals surface area contributed by atoms with Gasteiger partial charge in [-0.1, -0.05) is 24.3 Å². The van der Waals surface area contributed by atoms with Crippen LogP contribution in [0.2, 0.25) is 0 Å². The van der Waals surface area contributed by atoms with Crippen LogP contribution in [0.25, 0.3) is 11.3 Å². The van der Waals surface area contributed by atoms with Crippen molar-refractivity contribution in [1.82, 2.24) is 4.57 Å². The zero-order chi connectivity index (χ0) is 9.54. The van der Waals surface area contributed by atoms with Crippen LogP contribution in [0.4, 0.5) is 0 Å². The summed E-state index contributed by atoms with van der Waals surface area (Å²) in [5.41, 5.74) is 3.45. The summed E-state index contributed by atoms with van der Waals surface area (Å²) in [5, 5.41) is 9.11. The Hall–Kier alpha value is -2.01. The highest BCUT2D eigenvalue weighted by Crippen LogP contribution is 2.38. The third-order valence-electron chi connectivity index (χ3n) is 2.71. The fourth-order valence-electron chi connectivity index (χ4n) is 2.10. The maximum absolute atomic E-state index is 9.11. The number of fused-ring (bicyclic) bond motifs is 3. The summed E-state index contributed by atoms with van der Waals surface area (Å²) >= 11 is 0. The third kappa shape index (κ3) is 0.742. The normalized spacial score (nSPS) is 17.2. The molecule has 1 aliphatic heterocycles. The van der Waals surface area contributed by atoms with Crippen LogP contribution in [0.1, 0.15) is 11.6 Å². The monoisotopic (exact) mass is 180 g/mol. The molecule has 0 spiro atoms. The zero-order valence-electron chi connectivity index (χ0n) is 7.51. The molecule has 2 heterocycles. The summed E-state index contributed by atoms with van der Waals surface area (Å²) in [6.07, 6.45) is 1.96. The van der Waals surface area contributed by atoms with Crippen molar-refractivity contribution in [3.8, 4) is 17.3 Å². The van der Waals surface area contributed by atoms with E-state index < -0.39 is 0 Å². The van der Waals surface area contributed by atoms with E-state index in [1.165, 1.54) is 5.56 Å². The quantitative estimate of drug-likeness (QED) is 0.612. The Balaban J connectivity index is 2.37. The van der Waals surface area contributed by atoms with Crippen molar-refractivity contribution < 1.29 is 0 Å². The number of nitriles is 1. The number of hydrogen-bond donors (Lipinski definition) is 0. The summed E-state index contributed by atoms with van der Waals surface area (Å²) < 4.78 is 2.02. The van der Waals surface area contributed by atoms with Crippen molar-refractivity contribution in [1.29, 1.82) is 5.26 Å². The molecule has 66 valence electrons. The van der Waals surface area contributed by atoms with Crippen LogP contribution < -0.4 is 0 Å². The molecule has 0 saturated heterocycles. The van der Waals surface area contributed by atoms with Gasteiger partial charge in [0.2, 0.25) is 0 Å². The van der Waals surface area contributed by atoms with E-state index >= 15 is 0 Å². The molecule has 0 saturated carbocycles. The minimum absolute atomic E-state index is 0.142. The van der Waals surface area contributed by atoms with E-state index in [0.717, 1.165) is 11.3 Å². The second kappa shape index (κ2) is 2.49. The molecule has 0 radical (unpaired) electrons. The van der Waals surface area contributed by atoms with Crippen LogP contribution >= 0.6 is 0 Å². The van der Waals surface area contributed by atoms with Crippen LogP contribution in [0.5, 0.6) is 0 Å². The fourth-order valence-corrected chi connectivity index (χ4v) is 2.10. The second-order valence-corrected chi connectivity index (χ2v) is 3.42. The lowest BCUT2D eigenvalue weighted by molar-refractivity contribution is 0.757. The molecule has 1 aliphatic rings. The van der Waals surface area contributed by atoms with Gasteiger partial charge in [0.05, 0.1) is 6.07 Å². The number of nitrogens with zero attached hydrogens (tertiary/aromatic N) is 2. The highest BCUT2D eigenvalue weighted by molar-refractivity contribution is 5.70. The Morgan fingerprint density at radius 1 is 1.14 bits per heavy atom. The Bertz CT molecular complexity index is 531. The standard InChI is InChI=1S/C12H8N2/c13-8-12-10-5-2-1-4-9(10)11-6-3-7-14(11)12/h1-7,12H. The van der Waals surface area contributed by atoms with Gasteiger partial charge in [0, 0.05) is 17.5 Å². The first-order chi connectivity index (χ1) is 6.92. The Labute approximate surface area is 82.0 Å². The molecule has 0 aliphatic carbocycles. The largest absolute Gasteiger partial charge is 0.327 e. The van der Waals surface area contributed by atoms with Crippen LogP contribution in [-0.4, -0.2) is 4.57 Å². The number of hydrogen-bond acceptors (Lipinski definition) is 1. The summed E-state index contributed by atoms with van der Waals surface area (Å²) in [7, 11) is 0. The topological polar surface area (TPSA) is 28.7 Å².